The standard InChI is InChI=1S/C25H28FNO2/c1-19-7-9-21(10-8-19)15-27(16-22-11-13-23(26)14-12-22)17-24(28)18-29-25-6-4-3-5-20(25)2/h3-14,24,28H,15-18H2,1-2H3/t24-/m1/s1. The molecule has 29 heavy (non-hydrogen) atoms. The molecule has 3 aromatic carbocycles. The van der Waals surface area contributed by atoms with E-state index in [0.29, 0.717) is 19.6 Å². The first-order valence-corrected chi connectivity index (χ1v) is 9.88. The minimum atomic E-state index is -0.638. The maximum Gasteiger partial charge on any atom is 0.123 e. The van der Waals surface area contributed by atoms with Gasteiger partial charge in [-0.1, -0.05) is 60.2 Å². The van der Waals surface area contributed by atoms with E-state index < -0.39 is 6.10 Å². The van der Waals surface area contributed by atoms with Crippen molar-refractivity contribution in [2.45, 2.75) is 33.0 Å². The Labute approximate surface area is 172 Å². The van der Waals surface area contributed by atoms with Crippen LogP contribution in [0.25, 0.3) is 0 Å². The zero-order valence-electron chi connectivity index (χ0n) is 17.0. The summed E-state index contributed by atoms with van der Waals surface area (Å²) in [5, 5.41) is 10.6. The first kappa shape index (κ1) is 21.0. The largest absolute Gasteiger partial charge is 0.491 e. The van der Waals surface area contributed by atoms with E-state index in [1.807, 2.05) is 31.2 Å². The van der Waals surface area contributed by atoms with Crippen LogP contribution in [-0.4, -0.2) is 29.3 Å². The number of benzene rings is 3. The minimum Gasteiger partial charge on any atom is -0.491 e. The highest BCUT2D eigenvalue weighted by atomic mass is 19.1. The van der Waals surface area contributed by atoms with Gasteiger partial charge in [0.2, 0.25) is 0 Å². The molecule has 0 aliphatic rings. The summed E-state index contributed by atoms with van der Waals surface area (Å²) in [6.45, 7) is 6.04. The number of halogens is 1. The fraction of sp³-hybridized carbons (Fsp3) is 0.280. The lowest BCUT2D eigenvalue weighted by molar-refractivity contribution is 0.0626. The monoisotopic (exact) mass is 393 g/mol. The van der Waals surface area contributed by atoms with Gasteiger partial charge in [-0.3, -0.25) is 4.90 Å². The van der Waals surface area contributed by atoms with Crippen LogP contribution < -0.4 is 4.74 Å². The van der Waals surface area contributed by atoms with E-state index in [1.165, 1.54) is 23.3 Å². The molecule has 0 heterocycles. The van der Waals surface area contributed by atoms with Crippen LogP contribution in [0.5, 0.6) is 5.75 Å². The Morgan fingerprint density at radius 1 is 0.862 bits per heavy atom. The average molecular weight is 394 g/mol. The van der Waals surface area contributed by atoms with Gasteiger partial charge in [0.15, 0.2) is 0 Å². The van der Waals surface area contributed by atoms with E-state index in [4.69, 9.17) is 4.74 Å². The molecule has 1 atom stereocenters. The summed E-state index contributed by atoms with van der Waals surface area (Å²) in [4.78, 5) is 2.16. The van der Waals surface area contributed by atoms with Crippen molar-refractivity contribution in [2.75, 3.05) is 13.2 Å². The molecule has 0 aliphatic heterocycles. The SMILES string of the molecule is Cc1ccc(CN(Cc2ccc(F)cc2)C[C@@H](O)COc2ccccc2C)cc1. The van der Waals surface area contributed by atoms with E-state index in [-0.39, 0.29) is 12.4 Å². The maximum atomic E-state index is 13.2. The molecule has 0 fully saturated rings. The predicted octanol–water partition coefficient (Wildman–Crippen LogP) is 4.88. The average Bonchev–Trinajstić information content (AvgIpc) is 2.71. The molecule has 4 heteroatoms. The van der Waals surface area contributed by atoms with Crippen LogP contribution in [-0.2, 0) is 13.1 Å². The lowest BCUT2D eigenvalue weighted by Crippen LogP contribution is -2.35. The lowest BCUT2D eigenvalue weighted by Gasteiger charge is -2.25. The lowest BCUT2D eigenvalue weighted by atomic mass is 10.1. The molecular formula is C25H28FNO2. The summed E-state index contributed by atoms with van der Waals surface area (Å²) in [7, 11) is 0. The fourth-order valence-corrected chi connectivity index (χ4v) is 3.24. The van der Waals surface area contributed by atoms with Crippen LogP contribution in [0.2, 0.25) is 0 Å². The van der Waals surface area contributed by atoms with Gasteiger partial charge in [0.25, 0.3) is 0 Å². The highest BCUT2D eigenvalue weighted by molar-refractivity contribution is 5.31. The Kier molecular flexibility index (Phi) is 7.39. The van der Waals surface area contributed by atoms with Crippen LogP contribution in [0.1, 0.15) is 22.3 Å². The van der Waals surface area contributed by atoms with Gasteiger partial charge in [-0.2, -0.15) is 0 Å². The second-order valence-electron chi connectivity index (χ2n) is 7.51. The molecule has 0 saturated heterocycles. The third kappa shape index (κ3) is 6.70. The smallest absolute Gasteiger partial charge is 0.123 e. The molecule has 0 radical (unpaired) electrons. The first-order valence-electron chi connectivity index (χ1n) is 9.88. The zero-order valence-corrected chi connectivity index (χ0v) is 17.0. The summed E-state index contributed by atoms with van der Waals surface area (Å²) in [5.41, 5.74) is 4.43. The number of aliphatic hydroxyl groups is 1. The second-order valence-corrected chi connectivity index (χ2v) is 7.51. The third-order valence-corrected chi connectivity index (χ3v) is 4.84. The maximum absolute atomic E-state index is 13.2. The molecule has 3 aromatic rings. The summed E-state index contributed by atoms with van der Waals surface area (Å²) >= 11 is 0. The first-order chi connectivity index (χ1) is 14.0. The highest BCUT2D eigenvalue weighted by Gasteiger charge is 2.14. The minimum absolute atomic E-state index is 0.221. The number of aryl methyl sites for hydroxylation is 2. The molecular weight excluding hydrogens is 365 g/mol. The molecule has 0 aromatic heterocycles. The molecule has 3 rings (SSSR count). The number of aliphatic hydroxyl groups excluding tert-OH is 1. The van der Waals surface area contributed by atoms with E-state index in [0.717, 1.165) is 16.9 Å². The Balaban J connectivity index is 1.65. The van der Waals surface area contributed by atoms with Crippen molar-refractivity contribution < 1.29 is 14.2 Å². The van der Waals surface area contributed by atoms with Crippen molar-refractivity contribution in [2.24, 2.45) is 0 Å². The van der Waals surface area contributed by atoms with Crippen LogP contribution in [0.15, 0.2) is 72.8 Å². The molecule has 0 spiro atoms. The Bertz CT molecular complexity index is 846. The van der Waals surface area contributed by atoms with Crippen molar-refractivity contribution in [3.63, 3.8) is 0 Å². The molecule has 0 unspecified atom stereocenters. The number of nitrogens with zero attached hydrogens (tertiary/aromatic N) is 1. The molecule has 0 aliphatic carbocycles. The third-order valence-electron chi connectivity index (χ3n) is 4.84. The molecule has 0 bridgehead atoms. The van der Waals surface area contributed by atoms with Crippen molar-refractivity contribution in [1.29, 1.82) is 0 Å². The van der Waals surface area contributed by atoms with Crippen molar-refractivity contribution in [3.05, 3.63) is 101 Å². The van der Waals surface area contributed by atoms with Gasteiger partial charge in [-0.05, 0) is 48.7 Å². The van der Waals surface area contributed by atoms with Gasteiger partial charge in [0, 0.05) is 19.6 Å². The van der Waals surface area contributed by atoms with Crippen molar-refractivity contribution in [1.82, 2.24) is 4.90 Å². The second kappa shape index (κ2) is 10.2. The number of ether oxygens (including phenoxy) is 1. The fourth-order valence-electron chi connectivity index (χ4n) is 3.24. The van der Waals surface area contributed by atoms with Crippen LogP contribution in [0, 0.1) is 19.7 Å². The van der Waals surface area contributed by atoms with Crippen LogP contribution >= 0.6 is 0 Å². The molecule has 3 nitrogen and oxygen atoms in total. The van der Waals surface area contributed by atoms with Gasteiger partial charge in [-0.15, -0.1) is 0 Å². The van der Waals surface area contributed by atoms with Crippen molar-refractivity contribution >= 4 is 0 Å². The molecule has 0 saturated carbocycles. The van der Waals surface area contributed by atoms with E-state index in [2.05, 4.69) is 36.1 Å². The summed E-state index contributed by atoms with van der Waals surface area (Å²) in [6, 6.07) is 22.7. The predicted molar refractivity (Wildman–Crippen MR) is 114 cm³/mol. The Hall–Kier alpha value is -2.69. The van der Waals surface area contributed by atoms with Gasteiger partial charge in [-0.25, -0.2) is 4.39 Å². The number of rotatable bonds is 9. The quantitative estimate of drug-likeness (QED) is 0.562. The van der Waals surface area contributed by atoms with Crippen molar-refractivity contribution in [3.8, 4) is 5.75 Å². The topological polar surface area (TPSA) is 32.7 Å². The van der Waals surface area contributed by atoms with E-state index in [9.17, 15) is 9.50 Å². The van der Waals surface area contributed by atoms with Gasteiger partial charge in [0.05, 0.1) is 0 Å². The van der Waals surface area contributed by atoms with E-state index in [1.54, 1.807) is 12.1 Å². The van der Waals surface area contributed by atoms with Crippen LogP contribution in [0.4, 0.5) is 4.39 Å². The summed E-state index contributed by atoms with van der Waals surface area (Å²) in [5.74, 6) is 0.542. The van der Waals surface area contributed by atoms with Gasteiger partial charge >= 0.3 is 0 Å². The number of para-hydroxylation sites is 1. The normalized spacial score (nSPS) is 12.2. The highest BCUT2D eigenvalue weighted by Crippen LogP contribution is 2.17. The summed E-state index contributed by atoms with van der Waals surface area (Å²) in [6.07, 6.45) is -0.638. The Morgan fingerprint density at radius 3 is 2.07 bits per heavy atom. The number of hydrogen-bond donors (Lipinski definition) is 1. The zero-order chi connectivity index (χ0) is 20.6. The molecule has 1 N–H and O–H groups in total. The molecule has 0 amide bonds. The van der Waals surface area contributed by atoms with E-state index >= 15 is 0 Å². The van der Waals surface area contributed by atoms with Gasteiger partial charge < -0.3 is 9.84 Å². The number of hydrogen-bond acceptors (Lipinski definition) is 3. The van der Waals surface area contributed by atoms with Gasteiger partial charge in [0.1, 0.15) is 24.3 Å². The summed E-state index contributed by atoms with van der Waals surface area (Å²) < 4.78 is 19.0. The molecule has 152 valence electrons. The van der Waals surface area contributed by atoms with Crippen LogP contribution in [0.3, 0.4) is 0 Å². The Morgan fingerprint density at radius 2 is 1.45 bits per heavy atom.